The van der Waals surface area contributed by atoms with Crippen LogP contribution in [-0.4, -0.2) is 22.6 Å². The zero-order chi connectivity index (χ0) is 13.7. The fourth-order valence-corrected chi connectivity index (χ4v) is 3.02. The van der Waals surface area contributed by atoms with Crippen molar-refractivity contribution < 1.29 is 9.90 Å². The molecule has 19 heavy (non-hydrogen) atoms. The Bertz CT molecular complexity index is 639. The molecule has 0 saturated heterocycles. The van der Waals surface area contributed by atoms with E-state index in [1.54, 1.807) is 17.6 Å². The molecular weight excluding hydrogens is 348 g/mol. The normalized spacial score (nSPS) is 9.79. The van der Waals surface area contributed by atoms with Gasteiger partial charge in [-0.2, -0.15) is 0 Å². The summed E-state index contributed by atoms with van der Waals surface area (Å²) in [5, 5.41) is 13.6. The fourth-order valence-electron chi connectivity index (χ4n) is 1.19. The number of halogens is 1. The molecule has 2 heterocycles. The number of rotatable bonds is 3. The SMILES string of the molecule is O=C(Nc1ncc(C#CCCO)s1)c1csc(Br)c1. The van der Waals surface area contributed by atoms with Crippen LogP contribution in [0.3, 0.4) is 0 Å². The highest BCUT2D eigenvalue weighted by molar-refractivity contribution is 9.11. The van der Waals surface area contributed by atoms with Crippen LogP contribution in [0.5, 0.6) is 0 Å². The van der Waals surface area contributed by atoms with Crippen LogP contribution >= 0.6 is 38.6 Å². The highest BCUT2D eigenvalue weighted by Crippen LogP contribution is 2.22. The number of nitrogens with zero attached hydrogens (tertiary/aromatic N) is 1. The molecule has 1 amide bonds. The molecule has 0 aromatic carbocycles. The summed E-state index contributed by atoms with van der Waals surface area (Å²) in [5.41, 5.74) is 0.597. The molecule has 2 aromatic heterocycles. The van der Waals surface area contributed by atoms with Gasteiger partial charge in [0.1, 0.15) is 0 Å². The fraction of sp³-hybridized carbons (Fsp3) is 0.167. The second-order valence-corrected chi connectivity index (χ2v) is 6.72. The summed E-state index contributed by atoms with van der Waals surface area (Å²) < 4.78 is 0.910. The number of amides is 1. The molecule has 0 aliphatic heterocycles. The predicted octanol–water partition coefficient (Wildman–Crippen LogP) is 2.95. The number of nitrogens with one attached hydrogen (secondary N) is 1. The molecule has 0 spiro atoms. The molecule has 0 unspecified atom stereocenters. The van der Waals surface area contributed by atoms with Crippen LogP contribution in [0.4, 0.5) is 5.13 Å². The third-order valence-electron chi connectivity index (χ3n) is 2.00. The van der Waals surface area contributed by atoms with Gasteiger partial charge in [-0.1, -0.05) is 23.2 Å². The Hall–Kier alpha value is -1.20. The molecule has 2 N–H and O–H groups in total. The molecular formula is C12H9BrN2O2S2. The zero-order valence-corrected chi connectivity index (χ0v) is 12.9. The maximum atomic E-state index is 11.9. The van der Waals surface area contributed by atoms with Crippen LogP contribution in [0.25, 0.3) is 0 Å². The van der Waals surface area contributed by atoms with Crippen molar-refractivity contribution in [1.82, 2.24) is 4.98 Å². The van der Waals surface area contributed by atoms with Crippen LogP contribution in [-0.2, 0) is 0 Å². The van der Waals surface area contributed by atoms with Gasteiger partial charge in [-0.3, -0.25) is 10.1 Å². The van der Waals surface area contributed by atoms with E-state index in [1.165, 1.54) is 22.7 Å². The van der Waals surface area contributed by atoms with Crippen molar-refractivity contribution in [3.8, 4) is 11.8 Å². The van der Waals surface area contributed by atoms with Crippen LogP contribution in [0, 0.1) is 11.8 Å². The van der Waals surface area contributed by atoms with Crippen molar-refractivity contribution in [2.75, 3.05) is 11.9 Å². The number of anilines is 1. The first kappa shape index (κ1) is 14.2. The van der Waals surface area contributed by atoms with Gasteiger partial charge in [0.05, 0.1) is 27.0 Å². The highest BCUT2D eigenvalue weighted by atomic mass is 79.9. The quantitative estimate of drug-likeness (QED) is 0.831. The standard InChI is InChI=1S/C12H9BrN2O2S2/c13-10-5-8(7-18-10)11(17)15-12-14-6-9(19-12)3-1-2-4-16/h5-7,16H,2,4H2,(H,14,15,17). The topological polar surface area (TPSA) is 62.2 Å². The van der Waals surface area contributed by atoms with Crippen LogP contribution in [0.1, 0.15) is 21.7 Å². The first-order valence-corrected chi connectivity index (χ1v) is 7.79. The van der Waals surface area contributed by atoms with Gasteiger partial charge in [-0.05, 0) is 22.0 Å². The van der Waals surface area contributed by atoms with Crippen molar-refractivity contribution in [1.29, 1.82) is 0 Å². The number of carbonyl (C=O) groups is 1. The predicted molar refractivity (Wildman–Crippen MR) is 80.7 cm³/mol. The summed E-state index contributed by atoms with van der Waals surface area (Å²) in [4.78, 5) is 16.7. The van der Waals surface area contributed by atoms with Crippen LogP contribution in [0.15, 0.2) is 21.4 Å². The van der Waals surface area contributed by atoms with Crippen LogP contribution in [0.2, 0.25) is 0 Å². The Morgan fingerprint density at radius 3 is 3.11 bits per heavy atom. The third-order valence-corrected chi connectivity index (χ3v) is 4.34. The van der Waals surface area contributed by atoms with E-state index >= 15 is 0 Å². The van der Waals surface area contributed by atoms with Crippen molar-refractivity contribution in [3.05, 3.63) is 31.9 Å². The second-order valence-electron chi connectivity index (χ2n) is 3.40. The molecule has 0 aliphatic carbocycles. The lowest BCUT2D eigenvalue weighted by Gasteiger charge is -1.97. The molecule has 2 aromatic rings. The van der Waals surface area contributed by atoms with Crippen molar-refractivity contribution in [2.24, 2.45) is 0 Å². The van der Waals surface area contributed by atoms with Crippen molar-refractivity contribution >= 4 is 49.6 Å². The van der Waals surface area contributed by atoms with Gasteiger partial charge in [0.25, 0.3) is 5.91 Å². The number of hydrogen-bond acceptors (Lipinski definition) is 5. The Morgan fingerprint density at radius 1 is 1.58 bits per heavy atom. The molecule has 0 atom stereocenters. The molecule has 0 radical (unpaired) electrons. The van der Waals surface area contributed by atoms with Crippen molar-refractivity contribution in [3.63, 3.8) is 0 Å². The van der Waals surface area contributed by atoms with E-state index in [0.717, 1.165) is 8.66 Å². The van der Waals surface area contributed by atoms with Crippen molar-refractivity contribution in [2.45, 2.75) is 6.42 Å². The highest BCUT2D eigenvalue weighted by Gasteiger charge is 2.10. The Kier molecular flexibility index (Phi) is 5.10. The van der Waals surface area contributed by atoms with E-state index in [1.807, 2.05) is 0 Å². The lowest BCUT2D eigenvalue weighted by molar-refractivity contribution is 0.102. The van der Waals surface area contributed by atoms with Gasteiger partial charge < -0.3 is 5.11 Å². The Morgan fingerprint density at radius 2 is 2.42 bits per heavy atom. The average Bonchev–Trinajstić information content (AvgIpc) is 2.99. The molecule has 2 rings (SSSR count). The van der Waals surface area contributed by atoms with Gasteiger partial charge in [0.2, 0.25) is 0 Å². The smallest absolute Gasteiger partial charge is 0.258 e. The van der Waals surface area contributed by atoms with E-state index in [-0.39, 0.29) is 12.5 Å². The van der Waals surface area contributed by atoms with E-state index in [2.05, 4.69) is 38.1 Å². The maximum absolute atomic E-state index is 11.9. The van der Waals surface area contributed by atoms with E-state index in [4.69, 9.17) is 5.11 Å². The molecule has 4 nitrogen and oxygen atoms in total. The number of carbonyl (C=O) groups excluding carboxylic acids is 1. The number of aliphatic hydroxyl groups is 1. The average molecular weight is 357 g/mol. The number of thiophene rings is 1. The molecule has 0 fully saturated rings. The van der Waals surface area contributed by atoms with E-state index in [0.29, 0.717) is 17.1 Å². The summed E-state index contributed by atoms with van der Waals surface area (Å²) in [5.74, 6) is 5.49. The van der Waals surface area contributed by atoms with Gasteiger partial charge >= 0.3 is 0 Å². The molecule has 98 valence electrons. The number of thiazole rings is 1. The number of aromatic nitrogens is 1. The van der Waals surface area contributed by atoms with Gasteiger partial charge in [-0.15, -0.1) is 11.3 Å². The summed E-state index contributed by atoms with van der Waals surface area (Å²) in [6.45, 7) is 0.0441. The molecule has 0 aliphatic rings. The first-order valence-electron chi connectivity index (χ1n) is 5.30. The molecule has 0 saturated carbocycles. The largest absolute Gasteiger partial charge is 0.395 e. The maximum Gasteiger partial charge on any atom is 0.258 e. The van der Waals surface area contributed by atoms with E-state index in [9.17, 15) is 4.79 Å². The van der Waals surface area contributed by atoms with E-state index < -0.39 is 0 Å². The monoisotopic (exact) mass is 356 g/mol. The van der Waals surface area contributed by atoms with Gasteiger partial charge in [0.15, 0.2) is 5.13 Å². The second kappa shape index (κ2) is 6.82. The number of aliphatic hydroxyl groups excluding tert-OH is 1. The summed E-state index contributed by atoms with van der Waals surface area (Å²) in [6.07, 6.45) is 2.04. The van der Waals surface area contributed by atoms with Gasteiger partial charge in [-0.25, -0.2) is 4.98 Å². The minimum absolute atomic E-state index is 0.0441. The minimum Gasteiger partial charge on any atom is -0.395 e. The third kappa shape index (κ3) is 4.14. The summed E-state index contributed by atoms with van der Waals surface area (Å²) >= 11 is 6.07. The molecule has 0 bridgehead atoms. The summed E-state index contributed by atoms with van der Waals surface area (Å²) in [7, 11) is 0. The Balaban J connectivity index is 2.00. The zero-order valence-electron chi connectivity index (χ0n) is 9.64. The number of hydrogen-bond donors (Lipinski definition) is 2. The summed E-state index contributed by atoms with van der Waals surface area (Å²) in [6, 6.07) is 1.76. The van der Waals surface area contributed by atoms with Crippen LogP contribution < -0.4 is 5.32 Å². The lowest BCUT2D eigenvalue weighted by Crippen LogP contribution is -2.10. The minimum atomic E-state index is -0.189. The lowest BCUT2D eigenvalue weighted by atomic mass is 10.3. The Labute approximate surface area is 126 Å². The molecule has 7 heteroatoms. The van der Waals surface area contributed by atoms with Gasteiger partial charge in [0, 0.05) is 11.8 Å². The first-order chi connectivity index (χ1) is 9.19.